The molecule has 0 amide bonds. The molecule has 1 heterocycles. The standard InChI is InChI=1S/C11H14BrNO2/c1-13-9(4-5-14)7-15-11-3-2-8(12)6-10(11)13/h2-3,6,9,14H,4-5,7H2,1H3. The van der Waals surface area contributed by atoms with Crippen LogP contribution in [0.5, 0.6) is 5.75 Å². The van der Waals surface area contributed by atoms with Crippen molar-refractivity contribution in [2.24, 2.45) is 0 Å². The van der Waals surface area contributed by atoms with Crippen molar-refractivity contribution < 1.29 is 9.84 Å². The Bertz CT molecular complexity index is 356. The molecule has 15 heavy (non-hydrogen) atoms. The number of fused-ring (bicyclic) bond motifs is 1. The van der Waals surface area contributed by atoms with Crippen LogP contribution in [-0.2, 0) is 0 Å². The predicted octanol–water partition coefficient (Wildman–Crippen LogP) is 2.03. The number of nitrogens with zero attached hydrogens (tertiary/aromatic N) is 1. The van der Waals surface area contributed by atoms with E-state index in [1.807, 2.05) is 25.2 Å². The van der Waals surface area contributed by atoms with Crippen molar-refractivity contribution >= 4 is 21.6 Å². The normalized spacial score (nSPS) is 19.7. The van der Waals surface area contributed by atoms with Crippen LogP contribution in [-0.4, -0.2) is 31.4 Å². The quantitative estimate of drug-likeness (QED) is 0.894. The second-order valence-corrected chi connectivity index (χ2v) is 4.62. The lowest BCUT2D eigenvalue weighted by Crippen LogP contribution is -2.40. The van der Waals surface area contributed by atoms with E-state index in [4.69, 9.17) is 9.84 Å². The molecule has 0 bridgehead atoms. The van der Waals surface area contributed by atoms with Gasteiger partial charge in [0.15, 0.2) is 0 Å². The molecule has 82 valence electrons. The van der Waals surface area contributed by atoms with Crippen molar-refractivity contribution in [3.05, 3.63) is 22.7 Å². The maximum atomic E-state index is 8.95. The van der Waals surface area contributed by atoms with Gasteiger partial charge in [-0.15, -0.1) is 0 Å². The number of rotatable bonds is 2. The third kappa shape index (κ3) is 2.11. The van der Waals surface area contributed by atoms with Gasteiger partial charge in [-0.05, 0) is 24.6 Å². The first-order valence-corrected chi connectivity index (χ1v) is 5.77. The fourth-order valence-corrected chi connectivity index (χ4v) is 2.16. The largest absolute Gasteiger partial charge is 0.489 e. The molecule has 0 radical (unpaired) electrons. The molecule has 3 nitrogen and oxygen atoms in total. The van der Waals surface area contributed by atoms with Crippen LogP contribution in [0.2, 0.25) is 0 Å². The van der Waals surface area contributed by atoms with Gasteiger partial charge in [-0.3, -0.25) is 0 Å². The molecule has 0 aliphatic carbocycles. The first kappa shape index (κ1) is 10.8. The average molecular weight is 272 g/mol. The van der Waals surface area contributed by atoms with Crippen LogP contribution in [0.25, 0.3) is 0 Å². The highest BCUT2D eigenvalue weighted by Crippen LogP contribution is 2.35. The van der Waals surface area contributed by atoms with E-state index >= 15 is 0 Å². The van der Waals surface area contributed by atoms with Crippen LogP contribution in [0.1, 0.15) is 6.42 Å². The predicted molar refractivity (Wildman–Crippen MR) is 63.5 cm³/mol. The van der Waals surface area contributed by atoms with E-state index in [1.165, 1.54) is 0 Å². The molecular formula is C11H14BrNO2. The molecule has 2 rings (SSSR count). The van der Waals surface area contributed by atoms with Crippen molar-refractivity contribution in [2.75, 3.05) is 25.2 Å². The summed E-state index contributed by atoms with van der Waals surface area (Å²) >= 11 is 3.45. The Morgan fingerprint density at radius 2 is 2.40 bits per heavy atom. The van der Waals surface area contributed by atoms with Crippen molar-refractivity contribution in [3.8, 4) is 5.75 Å². The molecule has 1 aromatic rings. The summed E-state index contributed by atoms with van der Waals surface area (Å²) in [6, 6.07) is 6.24. The highest BCUT2D eigenvalue weighted by atomic mass is 79.9. The average Bonchev–Trinajstić information content (AvgIpc) is 2.23. The zero-order valence-electron chi connectivity index (χ0n) is 8.61. The number of anilines is 1. The SMILES string of the molecule is CN1c2cc(Br)ccc2OCC1CCO. The lowest BCUT2D eigenvalue weighted by molar-refractivity contribution is 0.219. The minimum Gasteiger partial charge on any atom is -0.489 e. The van der Waals surface area contributed by atoms with Gasteiger partial charge in [-0.2, -0.15) is 0 Å². The van der Waals surface area contributed by atoms with Crippen molar-refractivity contribution in [3.63, 3.8) is 0 Å². The van der Waals surface area contributed by atoms with Gasteiger partial charge >= 0.3 is 0 Å². The van der Waals surface area contributed by atoms with Gasteiger partial charge in [0.2, 0.25) is 0 Å². The zero-order chi connectivity index (χ0) is 10.8. The Labute approximate surface area is 97.8 Å². The van der Waals surface area contributed by atoms with Crippen molar-refractivity contribution in [1.82, 2.24) is 0 Å². The minimum absolute atomic E-state index is 0.196. The molecular weight excluding hydrogens is 258 g/mol. The summed E-state index contributed by atoms with van der Waals surface area (Å²) in [6.45, 7) is 0.841. The summed E-state index contributed by atoms with van der Waals surface area (Å²) in [7, 11) is 2.04. The smallest absolute Gasteiger partial charge is 0.142 e. The van der Waals surface area contributed by atoms with Gasteiger partial charge in [0.05, 0.1) is 11.7 Å². The van der Waals surface area contributed by atoms with Gasteiger partial charge < -0.3 is 14.7 Å². The monoisotopic (exact) mass is 271 g/mol. The summed E-state index contributed by atoms with van der Waals surface area (Å²) in [5.74, 6) is 0.912. The third-order valence-electron chi connectivity index (χ3n) is 2.74. The molecule has 1 aromatic carbocycles. The molecule has 0 fully saturated rings. The van der Waals surface area contributed by atoms with Gasteiger partial charge in [0, 0.05) is 18.1 Å². The minimum atomic E-state index is 0.196. The fraction of sp³-hybridized carbons (Fsp3) is 0.455. The van der Waals surface area contributed by atoms with E-state index in [9.17, 15) is 0 Å². The van der Waals surface area contributed by atoms with Crippen LogP contribution >= 0.6 is 15.9 Å². The van der Waals surface area contributed by atoms with Crippen LogP contribution in [0, 0.1) is 0 Å². The molecule has 0 saturated heterocycles. The summed E-state index contributed by atoms with van der Waals surface area (Å²) in [5, 5.41) is 8.95. The summed E-state index contributed by atoms with van der Waals surface area (Å²) < 4.78 is 6.68. The van der Waals surface area contributed by atoms with Crippen LogP contribution in [0.3, 0.4) is 0 Å². The molecule has 0 spiro atoms. The lowest BCUT2D eigenvalue weighted by atomic mass is 10.1. The first-order valence-electron chi connectivity index (χ1n) is 4.98. The molecule has 1 N–H and O–H groups in total. The second-order valence-electron chi connectivity index (χ2n) is 3.70. The third-order valence-corrected chi connectivity index (χ3v) is 3.24. The Kier molecular flexibility index (Phi) is 3.17. The molecule has 4 heteroatoms. The van der Waals surface area contributed by atoms with Gasteiger partial charge in [-0.25, -0.2) is 0 Å². The highest BCUT2D eigenvalue weighted by Gasteiger charge is 2.24. The number of aliphatic hydroxyl groups excluding tert-OH is 1. The number of hydrogen-bond donors (Lipinski definition) is 1. The van der Waals surface area contributed by atoms with E-state index < -0.39 is 0 Å². The van der Waals surface area contributed by atoms with E-state index in [-0.39, 0.29) is 12.6 Å². The summed E-state index contributed by atoms with van der Waals surface area (Å²) in [6.07, 6.45) is 0.739. The van der Waals surface area contributed by atoms with Crippen LogP contribution in [0.15, 0.2) is 22.7 Å². The lowest BCUT2D eigenvalue weighted by Gasteiger charge is -2.35. The Balaban J connectivity index is 2.28. The number of hydrogen-bond acceptors (Lipinski definition) is 3. The molecule has 0 aromatic heterocycles. The maximum Gasteiger partial charge on any atom is 0.142 e. The van der Waals surface area contributed by atoms with Crippen molar-refractivity contribution in [2.45, 2.75) is 12.5 Å². The Hall–Kier alpha value is -0.740. The van der Waals surface area contributed by atoms with E-state index in [0.717, 1.165) is 22.3 Å². The van der Waals surface area contributed by atoms with E-state index in [2.05, 4.69) is 20.8 Å². The molecule has 1 unspecified atom stereocenters. The molecule has 1 aliphatic rings. The summed E-state index contributed by atoms with van der Waals surface area (Å²) in [5.41, 5.74) is 1.08. The van der Waals surface area contributed by atoms with Crippen molar-refractivity contribution in [1.29, 1.82) is 0 Å². The van der Waals surface area contributed by atoms with E-state index in [0.29, 0.717) is 6.61 Å². The molecule has 1 aliphatic heterocycles. The number of benzene rings is 1. The molecule has 1 atom stereocenters. The van der Waals surface area contributed by atoms with E-state index in [1.54, 1.807) is 0 Å². The Morgan fingerprint density at radius 1 is 1.60 bits per heavy atom. The van der Waals surface area contributed by atoms with Crippen LogP contribution < -0.4 is 9.64 Å². The Morgan fingerprint density at radius 3 is 3.13 bits per heavy atom. The number of ether oxygens (including phenoxy) is 1. The number of aliphatic hydroxyl groups is 1. The number of likely N-dealkylation sites (N-methyl/N-ethyl adjacent to an activating group) is 1. The number of halogens is 1. The van der Waals surface area contributed by atoms with Gasteiger partial charge in [0.25, 0.3) is 0 Å². The fourth-order valence-electron chi connectivity index (χ4n) is 1.81. The summed E-state index contributed by atoms with van der Waals surface area (Å²) in [4.78, 5) is 2.17. The first-order chi connectivity index (χ1) is 7.22. The topological polar surface area (TPSA) is 32.7 Å². The highest BCUT2D eigenvalue weighted by molar-refractivity contribution is 9.10. The second kappa shape index (κ2) is 4.41. The maximum absolute atomic E-state index is 8.95. The van der Waals surface area contributed by atoms with Gasteiger partial charge in [0.1, 0.15) is 12.4 Å². The zero-order valence-corrected chi connectivity index (χ0v) is 10.2. The molecule has 0 saturated carbocycles. The van der Waals surface area contributed by atoms with Crippen LogP contribution in [0.4, 0.5) is 5.69 Å². The van der Waals surface area contributed by atoms with Gasteiger partial charge in [-0.1, -0.05) is 15.9 Å².